The second-order valence-electron chi connectivity index (χ2n) is 7.07. The third-order valence-electron chi connectivity index (χ3n) is 5.11. The van der Waals surface area contributed by atoms with E-state index in [1.165, 1.54) is 0 Å². The van der Waals surface area contributed by atoms with Crippen molar-refractivity contribution in [3.63, 3.8) is 0 Å². The first kappa shape index (κ1) is 28.2. The van der Waals surface area contributed by atoms with Crippen molar-refractivity contribution in [1.82, 2.24) is 0 Å². The minimum absolute atomic E-state index is 0. The second kappa shape index (κ2) is 13.0. The lowest BCUT2D eigenvalue weighted by atomic mass is 10.1. The molecule has 0 saturated heterocycles. The van der Waals surface area contributed by atoms with Crippen molar-refractivity contribution in [2.24, 2.45) is 5.73 Å². The molecule has 7 heteroatoms. The molecule has 3 aromatic rings. The Hall–Kier alpha value is -1.85. The van der Waals surface area contributed by atoms with Gasteiger partial charge in [0, 0.05) is 0 Å². The van der Waals surface area contributed by atoms with Crippen molar-refractivity contribution in [3.8, 4) is 0 Å². The number of hydrogen-bond acceptors (Lipinski definition) is 4. The van der Waals surface area contributed by atoms with Gasteiger partial charge in [-0.05, 0) is 50.2 Å². The molecule has 0 aliphatic carbocycles. The third-order valence-corrected chi connectivity index (χ3v) is 9.68. The van der Waals surface area contributed by atoms with Gasteiger partial charge in [0.15, 0.2) is 0 Å². The van der Waals surface area contributed by atoms with Crippen LogP contribution in [0.1, 0.15) is 13.8 Å². The molecule has 2 N–H and O–H groups in total. The van der Waals surface area contributed by atoms with E-state index in [2.05, 4.69) is 0 Å². The molecule has 0 bridgehead atoms. The number of carbonyl (C=O) groups excluding carboxylic acids is 2. The summed E-state index contributed by atoms with van der Waals surface area (Å²) in [5.74, 6) is -0.831. The van der Waals surface area contributed by atoms with Crippen LogP contribution in [-0.2, 0) is 14.3 Å². The molecule has 0 aliphatic heterocycles. The van der Waals surface area contributed by atoms with E-state index in [0.717, 1.165) is 15.9 Å². The number of halogens is 2. The number of rotatable bonds is 8. The first-order chi connectivity index (χ1) is 14.5. The monoisotopic (exact) mass is 579 g/mol. The van der Waals surface area contributed by atoms with Crippen LogP contribution in [0.4, 0.5) is 0 Å². The summed E-state index contributed by atoms with van der Waals surface area (Å²) in [6.07, 6.45) is 0. The number of ketones is 1. The minimum atomic E-state index is -2.76. The molecule has 0 heterocycles. The number of hydrogen-bond donors (Lipinski definition) is 1. The largest absolute Gasteiger partial charge is 1.00 e. The van der Waals surface area contributed by atoms with Gasteiger partial charge >= 0.3 is 5.97 Å². The molecule has 3 aromatic carbocycles. The number of nitrogens with two attached hydrogens (primary N) is 1. The van der Waals surface area contributed by atoms with Gasteiger partial charge in [-0.15, -0.1) is 17.0 Å². The molecule has 0 radical (unpaired) electrons. The fourth-order valence-electron chi connectivity index (χ4n) is 3.82. The zero-order chi connectivity index (χ0) is 21.6. The SMILES string of the molecule is Br.CCOC(=O)C(C(=O)C(C)N)[P+](c1ccccc1)(c1ccccc1)c1ccccc1.[Br-]. The van der Waals surface area contributed by atoms with Crippen LogP contribution in [-0.4, -0.2) is 30.1 Å². The highest BCUT2D eigenvalue weighted by Crippen LogP contribution is 2.60. The molecule has 0 aliphatic rings. The molecule has 0 fully saturated rings. The van der Waals surface area contributed by atoms with E-state index in [4.69, 9.17) is 10.5 Å². The Labute approximate surface area is 211 Å². The molecular formula is C25H28Br2NO3P. The highest BCUT2D eigenvalue weighted by atomic mass is 79.9. The van der Waals surface area contributed by atoms with Crippen molar-refractivity contribution < 1.29 is 31.3 Å². The highest BCUT2D eigenvalue weighted by Gasteiger charge is 2.60. The quantitative estimate of drug-likeness (QED) is 0.238. The maximum absolute atomic E-state index is 13.5. The van der Waals surface area contributed by atoms with Gasteiger partial charge in [-0.2, -0.15) is 0 Å². The van der Waals surface area contributed by atoms with Crippen LogP contribution in [0.2, 0.25) is 0 Å². The Morgan fingerprint density at radius 1 is 0.812 bits per heavy atom. The van der Waals surface area contributed by atoms with Crippen LogP contribution in [0.5, 0.6) is 0 Å². The van der Waals surface area contributed by atoms with Crippen molar-refractivity contribution in [3.05, 3.63) is 91.0 Å². The zero-order valence-electron chi connectivity index (χ0n) is 18.1. The van der Waals surface area contributed by atoms with Crippen LogP contribution >= 0.6 is 24.2 Å². The van der Waals surface area contributed by atoms with E-state index in [1.807, 2.05) is 91.0 Å². The van der Waals surface area contributed by atoms with Gasteiger partial charge in [0.2, 0.25) is 11.4 Å². The Morgan fingerprint density at radius 2 is 1.16 bits per heavy atom. The van der Waals surface area contributed by atoms with Gasteiger partial charge in [0.1, 0.15) is 23.2 Å². The lowest BCUT2D eigenvalue weighted by Gasteiger charge is -2.33. The first-order valence-corrected chi connectivity index (χ1v) is 11.9. The predicted molar refractivity (Wildman–Crippen MR) is 135 cm³/mol. The summed E-state index contributed by atoms with van der Waals surface area (Å²) >= 11 is 0. The van der Waals surface area contributed by atoms with Gasteiger partial charge in [-0.3, -0.25) is 4.79 Å². The van der Waals surface area contributed by atoms with E-state index in [1.54, 1.807) is 13.8 Å². The van der Waals surface area contributed by atoms with Crippen LogP contribution in [0.25, 0.3) is 0 Å². The van der Waals surface area contributed by atoms with Gasteiger partial charge < -0.3 is 27.5 Å². The summed E-state index contributed by atoms with van der Waals surface area (Å²) in [4.78, 5) is 26.9. The normalized spacial score (nSPS) is 12.5. The molecule has 0 saturated carbocycles. The van der Waals surface area contributed by atoms with Crippen LogP contribution < -0.4 is 38.6 Å². The highest BCUT2D eigenvalue weighted by molar-refractivity contribution is 8.93. The Kier molecular flexibility index (Phi) is 11.5. The van der Waals surface area contributed by atoms with E-state index >= 15 is 0 Å². The van der Waals surface area contributed by atoms with Crippen LogP contribution in [0, 0.1) is 0 Å². The van der Waals surface area contributed by atoms with Crippen LogP contribution in [0.3, 0.4) is 0 Å². The van der Waals surface area contributed by atoms with Gasteiger partial charge in [-0.1, -0.05) is 54.6 Å². The third kappa shape index (κ3) is 5.55. The maximum Gasteiger partial charge on any atom is 0.356 e. The number of ether oxygens (including phenoxy) is 1. The van der Waals surface area contributed by atoms with Gasteiger partial charge in [0.05, 0.1) is 12.6 Å². The number of benzene rings is 3. The number of esters is 1. The summed E-state index contributed by atoms with van der Waals surface area (Å²) in [7, 11) is -2.76. The fourth-order valence-corrected chi connectivity index (χ4v) is 8.54. The molecule has 0 spiro atoms. The second-order valence-corrected chi connectivity index (χ2v) is 10.6. The Morgan fingerprint density at radius 3 is 1.44 bits per heavy atom. The summed E-state index contributed by atoms with van der Waals surface area (Å²) in [6.45, 7) is 3.57. The summed E-state index contributed by atoms with van der Waals surface area (Å²) in [6, 6.07) is 28.6. The predicted octanol–water partition coefficient (Wildman–Crippen LogP) is 0.410. The van der Waals surface area contributed by atoms with Crippen LogP contribution in [0.15, 0.2) is 91.0 Å². The zero-order valence-corrected chi connectivity index (χ0v) is 22.3. The summed E-state index contributed by atoms with van der Waals surface area (Å²) in [5, 5.41) is 2.82. The molecule has 170 valence electrons. The lowest BCUT2D eigenvalue weighted by molar-refractivity contribution is -0.145. The molecular weight excluding hydrogens is 553 g/mol. The van der Waals surface area contributed by atoms with E-state index < -0.39 is 24.9 Å². The average molecular weight is 581 g/mol. The molecule has 4 nitrogen and oxygen atoms in total. The summed E-state index contributed by atoms with van der Waals surface area (Å²) < 4.78 is 5.46. The number of carbonyl (C=O) groups is 2. The van der Waals surface area contributed by atoms with E-state index in [9.17, 15) is 9.59 Å². The molecule has 3 rings (SSSR count). The van der Waals surface area contributed by atoms with Crippen molar-refractivity contribution in [1.29, 1.82) is 0 Å². The molecule has 2 atom stereocenters. The van der Waals surface area contributed by atoms with Crippen molar-refractivity contribution in [2.45, 2.75) is 25.5 Å². The van der Waals surface area contributed by atoms with Crippen molar-refractivity contribution >= 4 is 51.9 Å². The smallest absolute Gasteiger partial charge is 0.356 e. The first-order valence-electron chi connectivity index (χ1n) is 10.0. The average Bonchev–Trinajstić information content (AvgIpc) is 2.79. The number of Topliss-reactive ketones (excluding diaryl/α,β-unsaturated/α-hetero) is 1. The molecule has 0 aromatic heterocycles. The summed E-state index contributed by atoms with van der Waals surface area (Å²) in [5.41, 5.74) is 5.04. The molecule has 0 amide bonds. The van der Waals surface area contributed by atoms with Crippen molar-refractivity contribution in [2.75, 3.05) is 6.61 Å². The standard InChI is InChI=1S/C25H27NO3P.2BrH/c1-3-29-25(28)24(23(27)19(2)26)30(20-13-7-4-8-14-20,21-15-9-5-10-16-21)22-17-11-6-12-18-22;;/h4-19,24H,3,26H2,1-2H3;2*1H/q+1;;/p-1. The van der Waals surface area contributed by atoms with Gasteiger partial charge in [-0.25, -0.2) is 4.79 Å². The maximum atomic E-state index is 13.5. The molecule has 32 heavy (non-hydrogen) atoms. The van der Waals surface area contributed by atoms with E-state index in [-0.39, 0.29) is 46.4 Å². The van der Waals surface area contributed by atoms with Gasteiger partial charge in [0.25, 0.3) is 0 Å². The lowest BCUT2D eigenvalue weighted by Crippen LogP contribution is -3.00. The minimum Gasteiger partial charge on any atom is -1.00 e. The Balaban J connectivity index is 0.00000256. The molecule has 2 unspecified atom stereocenters. The Bertz CT molecular complexity index is 889. The topological polar surface area (TPSA) is 69.4 Å². The fraction of sp³-hybridized carbons (Fsp3) is 0.200. The van der Waals surface area contributed by atoms with E-state index in [0.29, 0.717) is 0 Å².